The summed E-state index contributed by atoms with van der Waals surface area (Å²) in [6.07, 6.45) is 0.493. The van der Waals surface area contributed by atoms with Crippen LogP contribution in [0, 0.1) is 5.82 Å². The van der Waals surface area contributed by atoms with Gasteiger partial charge in [-0.2, -0.15) is 0 Å². The van der Waals surface area contributed by atoms with Crippen LogP contribution in [0.2, 0.25) is 0 Å². The van der Waals surface area contributed by atoms with E-state index in [4.69, 9.17) is 9.47 Å². The number of nitrogens with zero attached hydrogens (tertiary/aromatic N) is 6. The van der Waals surface area contributed by atoms with Crippen molar-refractivity contribution in [3.8, 4) is 23.1 Å². The quantitative estimate of drug-likeness (QED) is 0.313. The molecule has 0 spiro atoms. The van der Waals surface area contributed by atoms with Gasteiger partial charge in [-0.05, 0) is 51.8 Å². The first kappa shape index (κ1) is 27.6. The lowest BCUT2D eigenvalue weighted by molar-refractivity contribution is 0.154. The molecular weight excluding hydrogens is 501 g/mol. The van der Waals surface area contributed by atoms with Crippen molar-refractivity contribution in [1.82, 2.24) is 19.7 Å². The minimum atomic E-state index is -4.17. The number of aliphatic imine (C=N–C) groups is 2. The molecule has 1 aromatic carbocycles. The minimum Gasteiger partial charge on any atom is -0.481 e. The maximum atomic E-state index is 14.1. The fraction of sp³-hybridized carbons (Fsp3) is 0.292. The van der Waals surface area contributed by atoms with E-state index in [0.717, 1.165) is 5.57 Å². The zero-order valence-electron chi connectivity index (χ0n) is 21.1. The van der Waals surface area contributed by atoms with Gasteiger partial charge in [0.2, 0.25) is 21.9 Å². The monoisotopic (exact) mass is 529 g/mol. The van der Waals surface area contributed by atoms with Gasteiger partial charge in [0.05, 0.1) is 12.8 Å². The first-order valence-corrected chi connectivity index (χ1v) is 12.6. The first-order valence-electron chi connectivity index (χ1n) is 11.1. The fourth-order valence-electron chi connectivity index (χ4n) is 3.32. The topological polar surface area (TPSA) is 133 Å². The second kappa shape index (κ2) is 11.8. The number of aromatic nitrogens is 4. The molecule has 37 heavy (non-hydrogen) atoms. The Morgan fingerprint density at radius 3 is 2.54 bits per heavy atom. The number of amidine groups is 1. The zero-order valence-corrected chi connectivity index (χ0v) is 21.9. The van der Waals surface area contributed by atoms with Crippen molar-refractivity contribution in [1.29, 1.82) is 0 Å². The molecule has 0 aliphatic heterocycles. The highest BCUT2D eigenvalue weighted by Crippen LogP contribution is 2.27. The fourth-order valence-corrected chi connectivity index (χ4v) is 4.45. The van der Waals surface area contributed by atoms with Crippen molar-refractivity contribution in [2.45, 2.75) is 32.1 Å². The standard InChI is InChI=1S/C24H28FN7O4S/c1-15(2)14-27-22(26-4)21(36-6)16(3)37(33,34)31-24-30-29-23(19-11-8-12-20(28-19)35-5)32(24)18-10-7-9-17(25)13-18/h7-14,16,21H,4H2,1-3,5-6H3,(H,30,31)/b27-22-/t16-,21-/m0/s1. The number of rotatable bonds is 10. The average molecular weight is 530 g/mol. The van der Waals surface area contributed by atoms with Gasteiger partial charge in [0, 0.05) is 19.4 Å². The largest absolute Gasteiger partial charge is 0.481 e. The van der Waals surface area contributed by atoms with Gasteiger partial charge in [-0.15, -0.1) is 10.2 Å². The van der Waals surface area contributed by atoms with E-state index >= 15 is 0 Å². The molecular formula is C24H28FN7O4S. The maximum Gasteiger partial charge on any atom is 0.243 e. The highest BCUT2D eigenvalue weighted by molar-refractivity contribution is 7.93. The SMILES string of the molecule is C=N/C(=N\C=C(C)C)[C@@H](OC)[C@H](C)S(=O)(=O)Nc1nnc(-c2cccc(OC)n2)n1-c1cccc(F)c1. The van der Waals surface area contributed by atoms with Gasteiger partial charge in [-0.25, -0.2) is 27.8 Å². The first-order chi connectivity index (χ1) is 17.6. The van der Waals surface area contributed by atoms with Crippen LogP contribution in [0.25, 0.3) is 17.2 Å². The molecule has 0 aliphatic rings. The Balaban J connectivity index is 2.09. The third kappa shape index (κ3) is 6.43. The molecule has 2 aromatic heterocycles. The molecule has 3 aromatic rings. The number of ether oxygens (including phenoxy) is 2. The van der Waals surface area contributed by atoms with E-state index in [-0.39, 0.29) is 23.3 Å². The molecule has 2 atom stereocenters. The van der Waals surface area contributed by atoms with Gasteiger partial charge >= 0.3 is 0 Å². The van der Waals surface area contributed by atoms with Crippen LogP contribution in [0.3, 0.4) is 0 Å². The molecule has 0 saturated carbocycles. The van der Waals surface area contributed by atoms with Crippen LogP contribution in [0.1, 0.15) is 20.8 Å². The van der Waals surface area contributed by atoms with Gasteiger partial charge in [-0.1, -0.05) is 17.7 Å². The Morgan fingerprint density at radius 1 is 1.19 bits per heavy atom. The van der Waals surface area contributed by atoms with Gasteiger partial charge in [0.15, 0.2) is 11.7 Å². The number of benzene rings is 1. The Labute approximate surface area is 214 Å². The summed E-state index contributed by atoms with van der Waals surface area (Å²) in [7, 11) is -1.36. The Morgan fingerprint density at radius 2 is 1.92 bits per heavy atom. The van der Waals surface area contributed by atoms with Crippen molar-refractivity contribution in [3.05, 3.63) is 60.1 Å². The van der Waals surface area contributed by atoms with Crippen molar-refractivity contribution in [2.75, 3.05) is 18.9 Å². The maximum absolute atomic E-state index is 14.1. The van der Waals surface area contributed by atoms with Crippen LogP contribution in [0.5, 0.6) is 5.88 Å². The lowest BCUT2D eigenvalue weighted by atomic mass is 10.2. The summed E-state index contributed by atoms with van der Waals surface area (Å²) in [5.41, 5.74) is 1.49. The molecule has 0 fully saturated rings. The van der Waals surface area contributed by atoms with Gasteiger partial charge in [-0.3, -0.25) is 9.29 Å². The summed E-state index contributed by atoms with van der Waals surface area (Å²) < 4.78 is 55.4. The predicted molar refractivity (Wildman–Crippen MR) is 140 cm³/mol. The molecule has 0 aliphatic carbocycles. The van der Waals surface area contributed by atoms with Crippen LogP contribution in [-0.2, 0) is 14.8 Å². The van der Waals surface area contributed by atoms with E-state index < -0.39 is 27.2 Å². The summed E-state index contributed by atoms with van der Waals surface area (Å²) in [6.45, 7) is 8.59. The van der Waals surface area contributed by atoms with E-state index in [1.165, 1.54) is 50.1 Å². The zero-order chi connectivity index (χ0) is 27.2. The lowest BCUT2D eigenvalue weighted by Gasteiger charge is -2.22. The molecule has 1 N–H and O–H groups in total. The Kier molecular flexibility index (Phi) is 8.84. The number of allylic oxidation sites excluding steroid dienone is 1. The van der Waals surface area contributed by atoms with Crippen LogP contribution in [0.4, 0.5) is 10.3 Å². The molecule has 196 valence electrons. The minimum absolute atomic E-state index is 0.0921. The van der Waals surface area contributed by atoms with Gasteiger partial charge in [0.25, 0.3) is 0 Å². The third-order valence-electron chi connectivity index (χ3n) is 5.17. The molecule has 13 heteroatoms. The summed E-state index contributed by atoms with van der Waals surface area (Å²) in [4.78, 5) is 12.4. The predicted octanol–water partition coefficient (Wildman–Crippen LogP) is 3.65. The molecule has 0 amide bonds. The van der Waals surface area contributed by atoms with Crippen LogP contribution < -0.4 is 9.46 Å². The number of halogens is 1. The number of nitrogens with one attached hydrogen (secondary N) is 1. The number of hydrogen-bond acceptors (Lipinski definition) is 8. The van der Waals surface area contributed by atoms with E-state index in [0.29, 0.717) is 11.6 Å². The van der Waals surface area contributed by atoms with Gasteiger partial charge in [0.1, 0.15) is 22.9 Å². The second-order valence-electron chi connectivity index (χ2n) is 8.09. The average Bonchev–Trinajstić information content (AvgIpc) is 3.28. The van der Waals surface area contributed by atoms with Crippen LogP contribution in [0.15, 0.2) is 64.2 Å². The number of anilines is 1. The molecule has 0 unspecified atom stereocenters. The van der Waals surface area contributed by atoms with Crippen molar-refractivity contribution >= 4 is 28.5 Å². The number of methoxy groups -OCH3 is 2. The van der Waals surface area contributed by atoms with E-state index in [9.17, 15) is 12.8 Å². The van der Waals surface area contributed by atoms with Crippen molar-refractivity contribution in [2.24, 2.45) is 9.98 Å². The normalized spacial score (nSPS) is 13.5. The van der Waals surface area contributed by atoms with E-state index in [1.54, 1.807) is 24.3 Å². The van der Waals surface area contributed by atoms with E-state index in [2.05, 4.69) is 36.6 Å². The Bertz CT molecular complexity index is 1430. The van der Waals surface area contributed by atoms with Crippen molar-refractivity contribution in [3.63, 3.8) is 0 Å². The van der Waals surface area contributed by atoms with Gasteiger partial charge < -0.3 is 9.47 Å². The summed E-state index contributed by atoms with van der Waals surface area (Å²) in [5, 5.41) is 6.99. The number of hydrogen-bond donors (Lipinski definition) is 1. The molecule has 3 rings (SSSR count). The summed E-state index contributed by atoms with van der Waals surface area (Å²) in [6, 6.07) is 10.5. The smallest absolute Gasteiger partial charge is 0.243 e. The molecule has 0 bridgehead atoms. The van der Waals surface area contributed by atoms with E-state index in [1.807, 2.05) is 13.8 Å². The summed E-state index contributed by atoms with van der Waals surface area (Å²) >= 11 is 0. The lowest BCUT2D eigenvalue weighted by Crippen LogP contribution is -2.41. The second-order valence-corrected chi connectivity index (χ2v) is 10.1. The number of sulfonamides is 1. The Hall–Kier alpha value is -3.97. The van der Waals surface area contributed by atoms with Crippen LogP contribution in [-0.4, -0.2) is 66.3 Å². The molecule has 0 saturated heterocycles. The molecule has 0 radical (unpaired) electrons. The third-order valence-corrected chi connectivity index (χ3v) is 6.86. The highest BCUT2D eigenvalue weighted by atomic mass is 32.2. The summed E-state index contributed by atoms with van der Waals surface area (Å²) in [5.74, 6) is -0.146. The van der Waals surface area contributed by atoms with Crippen molar-refractivity contribution < 1.29 is 22.3 Å². The highest BCUT2D eigenvalue weighted by Gasteiger charge is 2.35. The number of pyridine rings is 1. The molecule has 2 heterocycles. The van der Waals surface area contributed by atoms with Crippen LogP contribution >= 0.6 is 0 Å². The molecule has 11 nitrogen and oxygen atoms in total.